The highest BCUT2D eigenvalue weighted by Crippen LogP contribution is 2.30. The second-order valence-corrected chi connectivity index (χ2v) is 6.69. The molecule has 2 rings (SSSR count). The van der Waals surface area contributed by atoms with Gasteiger partial charge in [0.2, 0.25) is 0 Å². The number of benzene rings is 1. The molecular weight excluding hydrogens is 342 g/mol. The van der Waals surface area contributed by atoms with E-state index < -0.39 is 0 Å². The Kier molecular flexibility index (Phi) is 5.46. The highest BCUT2D eigenvalue weighted by Gasteiger charge is 2.21. The summed E-state index contributed by atoms with van der Waals surface area (Å²) >= 11 is 3.45. The van der Waals surface area contributed by atoms with Crippen LogP contribution in [0.2, 0.25) is 0 Å². The van der Waals surface area contributed by atoms with Crippen LogP contribution in [0.5, 0.6) is 0 Å². The molecule has 0 bridgehead atoms. The van der Waals surface area contributed by atoms with E-state index in [0.717, 1.165) is 27.8 Å². The molecule has 4 heteroatoms. The summed E-state index contributed by atoms with van der Waals surface area (Å²) in [4.78, 5) is 12.4. The number of esters is 1. The maximum atomic E-state index is 12.4. The minimum absolute atomic E-state index is 0.250. The second kappa shape index (κ2) is 7.14. The lowest BCUT2D eigenvalue weighted by Crippen LogP contribution is -2.09. The van der Waals surface area contributed by atoms with Gasteiger partial charge in [0.05, 0.1) is 12.2 Å². The van der Waals surface area contributed by atoms with E-state index in [9.17, 15) is 4.79 Å². The number of carbonyl (C=O) groups is 1. The molecule has 0 atom stereocenters. The van der Waals surface area contributed by atoms with E-state index in [1.807, 2.05) is 38.1 Å². The molecule has 0 unspecified atom stereocenters. The summed E-state index contributed by atoms with van der Waals surface area (Å²) in [6.07, 6.45) is 2.06. The summed E-state index contributed by atoms with van der Waals surface area (Å²) in [5.41, 5.74) is 3.59. The van der Waals surface area contributed by atoms with E-state index in [1.54, 1.807) is 0 Å². The van der Waals surface area contributed by atoms with Gasteiger partial charge in [-0.2, -0.15) is 0 Å². The van der Waals surface area contributed by atoms with Gasteiger partial charge in [0.1, 0.15) is 0 Å². The predicted octanol–water partition coefficient (Wildman–Crippen LogP) is 5.06. The zero-order valence-corrected chi connectivity index (χ0v) is 15.1. The summed E-state index contributed by atoms with van der Waals surface area (Å²) in [6, 6.07) is 8.00. The molecule has 0 spiro atoms. The first-order valence-electron chi connectivity index (χ1n) is 7.56. The zero-order valence-electron chi connectivity index (χ0n) is 13.5. The smallest absolute Gasteiger partial charge is 0.340 e. The van der Waals surface area contributed by atoms with Gasteiger partial charge in [-0.15, -0.1) is 0 Å². The number of carbonyl (C=O) groups excluding carboxylic acids is 1. The van der Waals surface area contributed by atoms with E-state index in [4.69, 9.17) is 4.74 Å². The fraction of sp³-hybridized carbons (Fsp3) is 0.389. The lowest BCUT2D eigenvalue weighted by Gasteiger charge is -2.09. The molecule has 0 saturated heterocycles. The van der Waals surface area contributed by atoms with Gasteiger partial charge in [-0.05, 0) is 37.5 Å². The minimum atomic E-state index is -0.250. The highest BCUT2D eigenvalue weighted by molar-refractivity contribution is 9.10. The van der Waals surface area contributed by atoms with Crippen molar-refractivity contribution in [3.05, 3.63) is 46.2 Å². The molecule has 0 saturated carbocycles. The van der Waals surface area contributed by atoms with Gasteiger partial charge >= 0.3 is 5.97 Å². The summed E-state index contributed by atoms with van der Waals surface area (Å²) in [7, 11) is 0. The number of aromatic nitrogens is 1. The van der Waals surface area contributed by atoms with Crippen LogP contribution in [-0.4, -0.2) is 17.1 Å². The standard InChI is InChI=1S/C18H22BrNO2/c1-5-22-18(21)17-13(4)20(10-12(2)3)11-16(17)14-6-8-15(19)9-7-14/h6-9,11-12H,5,10H2,1-4H3. The maximum absolute atomic E-state index is 12.4. The molecule has 22 heavy (non-hydrogen) atoms. The third-order valence-corrected chi connectivity index (χ3v) is 4.07. The average Bonchev–Trinajstić information content (AvgIpc) is 2.76. The normalized spacial score (nSPS) is 11.0. The van der Waals surface area contributed by atoms with Crippen LogP contribution in [-0.2, 0) is 11.3 Å². The minimum Gasteiger partial charge on any atom is -0.462 e. The van der Waals surface area contributed by atoms with Crippen LogP contribution in [0.1, 0.15) is 36.8 Å². The van der Waals surface area contributed by atoms with Gasteiger partial charge in [0.15, 0.2) is 0 Å². The summed E-state index contributed by atoms with van der Waals surface area (Å²) in [6.45, 7) is 9.42. The Morgan fingerprint density at radius 1 is 1.27 bits per heavy atom. The van der Waals surface area contributed by atoms with E-state index in [2.05, 4.69) is 40.5 Å². The molecule has 0 amide bonds. The van der Waals surface area contributed by atoms with Crippen molar-refractivity contribution in [3.63, 3.8) is 0 Å². The molecule has 3 nitrogen and oxygen atoms in total. The van der Waals surface area contributed by atoms with Gasteiger partial charge in [-0.25, -0.2) is 4.79 Å². The van der Waals surface area contributed by atoms with Crippen molar-refractivity contribution in [2.45, 2.75) is 34.2 Å². The Hall–Kier alpha value is -1.55. The zero-order chi connectivity index (χ0) is 16.3. The molecule has 118 valence electrons. The number of hydrogen-bond acceptors (Lipinski definition) is 2. The van der Waals surface area contributed by atoms with Gasteiger partial charge < -0.3 is 9.30 Å². The van der Waals surface area contributed by atoms with E-state index in [-0.39, 0.29) is 5.97 Å². The molecule has 0 aliphatic heterocycles. The first kappa shape index (κ1) is 16.8. The Morgan fingerprint density at radius 2 is 1.91 bits per heavy atom. The molecule has 0 aliphatic carbocycles. The Balaban J connectivity index is 2.54. The predicted molar refractivity (Wildman–Crippen MR) is 93.1 cm³/mol. The Bertz CT molecular complexity index is 656. The van der Waals surface area contributed by atoms with Gasteiger partial charge in [-0.3, -0.25) is 0 Å². The Labute approximate surface area is 140 Å². The van der Waals surface area contributed by atoms with Crippen LogP contribution in [0.25, 0.3) is 11.1 Å². The van der Waals surface area contributed by atoms with Gasteiger partial charge in [-0.1, -0.05) is 41.9 Å². The molecule has 0 radical (unpaired) electrons. The lowest BCUT2D eigenvalue weighted by atomic mass is 10.0. The third-order valence-electron chi connectivity index (χ3n) is 3.54. The lowest BCUT2D eigenvalue weighted by molar-refractivity contribution is 0.0526. The molecule has 0 N–H and O–H groups in total. The number of nitrogens with zero attached hydrogens (tertiary/aromatic N) is 1. The summed E-state index contributed by atoms with van der Waals surface area (Å²) in [5.74, 6) is 0.263. The van der Waals surface area contributed by atoms with Crippen molar-refractivity contribution in [3.8, 4) is 11.1 Å². The van der Waals surface area contributed by atoms with E-state index >= 15 is 0 Å². The van der Waals surface area contributed by atoms with E-state index in [0.29, 0.717) is 18.1 Å². The number of ether oxygens (including phenoxy) is 1. The summed E-state index contributed by atoms with van der Waals surface area (Å²) in [5, 5.41) is 0. The molecule has 2 aromatic rings. The van der Waals surface area contributed by atoms with Crippen LogP contribution in [0.15, 0.2) is 34.9 Å². The molecule has 1 heterocycles. The molecule has 0 aliphatic rings. The topological polar surface area (TPSA) is 31.2 Å². The largest absolute Gasteiger partial charge is 0.462 e. The van der Waals surface area contributed by atoms with Gasteiger partial charge in [0.25, 0.3) is 0 Å². The van der Waals surface area contributed by atoms with Gasteiger partial charge in [0, 0.05) is 28.5 Å². The van der Waals surface area contributed by atoms with Crippen molar-refractivity contribution in [2.75, 3.05) is 6.61 Å². The maximum Gasteiger partial charge on any atom is 0.340 e. The van der Waals surface area contributed by atoms with Crippen LogP contribution < -0.4 is 0 Å². The Morgan fingerprint density at radius 3 is 2.45 bits per heavy atom. The third kappa shape index (κ3) is 3.61. The van der Waals surface area contributed by atoms with Crippen molar-refractivity contribution in [1.82, 2.24) is 4.57 Å². The summed E-state index contributed by atoms with van der Waals surface area (Å²) < 4.78 is 8.42. The fourth-order valence-electron chi connectivity index (χ4n) is 2.55. The molecule has 1 aromatic carbocycles. The van der Waals surface area contributed by atoms with Crippen LogP contribution >= 0.6 is 15.9 Å². The second-order valence-electron chi connectivity index (χ2n) is 5.78. The first-order chi connectivity index (χ1) is 10.4. The molecule has 0 fully saturated rings. The van der Waals surface area contributed by atoms with Crippen molar-refractivity contribution < 1.29 is 9.53 Å². The number of rotatable bonds is 5. The monoisotopic (exact) mass is 363 g/mol. The van der Waals surface area contributed by atoms with Crippen LogP contribution in [0, 0.1) is 12.8 Å². The van der Waals surface area contributed by atoms with Crippen LogP contribution in [0.4, 0.5) is 0 Å². The van der Waals surface area contributed by atoms with Crippen LogP contribution in [0.3, 0.4) is 0 Å². The highest BCUT2D eigenvalue weighted by atomic mass is 79.9. The van der Waals surface area contributed by atoms with Crippen molar-refractivity contribution in [1.29, 1.82) is 0 Å². The first-order valence-corrected chi connectivity index (χ1v) is 8.36. The molecule has 1 aromatic heterocycles. The number of hydrogen-bond donors (Lipinski definition) is 0. The van der Waals surface area contributed by atoms with Crippen molar-refractivity contribution >= 4 is 21.9 Å². The molecular formula is C18H22BrNO2. The van der Waals surface area contributed by atoms with E-state index in [1.165, 1.54) is 0 Å². The number of halogens is 1. The average molecular weight is 364 g/mol. The quantitative estimate of drug-likeness (QED) is 0.695. The van der Waals surface area contributed by atoms with Crippen molar-refractivity contribution in [2.24, 2.45) is 5.92 Å². The fourth-order valence-corrected chi connectivity index (χ4v) is 2.81. The SMILES string of the molecule is CCOC(=O)c1c(-c2ccc(Br)cc2)cn(CC(C)C)c1C.